The molecular weight excluding hydrogens is 388 g/mol. The molecule has 3 aromatic carbocycles. The Balaban J connectivity index is 1.88. The van der Waals surface area contributed by atoms with Crippen LogP contribution in [-0.4, -0.2) is 13.3 Å². The third kappa shape index (κ3) is 5.86. The first-order valence-corrected chi connectivity index (χ1v) is 10.0. The van der Waals surface area contributed by atoms with Crippen molar-refractivity contribution in [2.24, 2.45) is 0 Å². The van der Waals surface area contributed by atoms with Crippen molar-refractivity contribution in [3.8, 4) is 22.6 Å². The lowest BCUT2D eigenvalue weighted by molar-refractivity contribution is 0.0929. The second-order valence-electron chi connectivity index (χ2n) is 6.97. The lowest BCUT2D eigenvalue weighted by Crippen LogP contribution is -2.11. The summed E-state index contributed by atoms with van der Waals surface area (Å²) in [5.41, 5.74) is 4.67. The van der Waals surface area contributed by atoms with Crippen molar-refractivity contribution < 1.29 is 19.0 Å². The molecule has 3 aromatic rings. The molecule has 0 saturated heterocycles. The van der Waals surface area contributed by atoms with Gasteiger partial charge in [-0.15, -0.1) is 13.2 Å². The van der Waals surface area contributed by atoms with Crippen LogP contribution in [0.1, 0.15) is 16.7 Å². The Morgan fingerprint density at radius 1 is 0.871 bits per heavy atom. The molecule has 0 radical (unpaired) electrons. The van der Waals surface area contributed by atoms with Gasteiger partial charge in [0.15, 0.2) is 0 Å². The monoisotopic (exact) mass is 414 g/mol. The number of hydrogen-bond donors (Lipinski definition) is 0. The van der Waals surface area contributed by atoms with E-state index in [2.05, 4.69) is 13.2 Å². The number of allylic oxidation sites excluding steroid dienone is 2. The van der Waals surface area contributed by atoms with Gasteiger partial charge in [0, 0.05) is 5.56 Å². The zero-order valence-corrected chi connectivity index (χ0v) is 17.7. The summed E-state index contributed by atoms with van der Waals surface area (Å²) in [7, 11) is 1.64. The fourth-order valence-electron chi connectivity index (χ4n) is 3.28. The molecule has 0 fully saturated rings. The van der Waals surface area contributed by atoms with Gasteiger partial charge in [0.25, 0.3) is 0 Å². The second kappa shape index (κ2) is 10.8. The largest absolute Gasteiger partial charge is 0.514 e. The first-order valence-electron chi connectivity index (χ1n) is 10.0. The summed E-state index contributed by atoms with van der Waals surface area (Å²) < 4.78 is 16.3. The molecule has 3 rings (SSSR count). The molecule has 0 spiro atoms. The number of rotatable bonds is 9. The molecule has 0 aromatic heterocycles. The molecule has 0 unspecified atom stereocenters. The van der Waals surface area contributed by atoms with E-state index < -0.39 is 6.16 Å². The van der Waals surface area contributed by atoms with Gasteiger partial charge in [-0.05, 0) is 59.4 Å². The molecule has 0 N–H and O–H groups in total. The van der Waals surface area contributed by atoms with E-state index in [1.807, 2.05) is 72.8 Å². The maximum absolute atomic E-state index is 12.4. The summed E-state index contributed by atoms with van der Waals surface area (Å²) in [6.45, 7) is 7.78. The molecule has 0 aliphatic heterocycles. The van der Waals surface area contributed by atoms with Gasteiger partial charge in [-0.2, -0.15) is 0 Å². The fourth-order valence-corrected chi connectivity index (χ4v) is 3.28. The zero-order chi connectivity index (χ0) is 22.1. The predicted octanol–water partition coefficient (Wildman–Crippen LogP) is 6.53. The van der Waals surface area contributed by atoms with Gasteiger partial charge in [0.05, 0.1) is 7.11 Å². The van der Waals surface area contributed by atoms with Crippen LogP contribution in [0.2, 0.25) is 0 Å². The molecule has 0 heterocycles. The van der Waals surface area contributed by atoms with Crippen molar-refractivity contribution in [3.63, 3.8) is 0 Å². The van der Waals surface area contributed by atoms with Crippen LogP contribution >= 0.6 is 0 Å². The highest BCUT2D eigenvalue weighted by Gasteiger charge is 2.15. The normalized spacial score (nSPS) is 10.2. The number of benzene rings is 3. The average Bonchev–Trinajstić information content (AvgIpc) is 2.80. The Bertz CT molecular complexity index is 1050. The van der Waals surface area contributed by atoms with E-state index in [-0.39, 0.29) is 6.61 Å². The minimum Gasteiger partial charge on any atom is -0.496 e. The predicted molar refractivity (Wildman–Crippen MR) is 123 cm³/mol. The summed E-state index contributed by atoms with van der Waals surface area (Å²) in [4.78, 5) is 12.4. The molecule has 158 valence electrons. The minimum atomic E-state index is -0.749. The van der Waals surface area contributed by atoms with Crippen LogP contribution in [0.4, 0.5) is 4.79 Å². The standard InChI is InChI=1S/C27H26O4/c1-4-9-20-13-15-26(31-27(28)30-19-21-11-7-6-8-12-21)24(17-20)22-14-16-25(29-3)23(18-22)10-5-2/h4-8,11-18H,1-2,9-10,19H2,3H3. The lowest BCUT2D eigenvalue weighted by atomic mass is 9.97. The van der Waals surface area contributed by atoms with Crippen molar-refractivity contribution >= 4 is 6.16 Å². The van der Waals surface area contributed by atoms with Crippen molar-refractivity contribution in [2.45, 2.75) is 19.4 Å². The molecule has 0 aliphatic rings. The van der Waals surface area contributed by atoms with Crippen LogP contribution in [-0.2, 0) is 24.2 Å². The summed E-state index contributed by atoms with van der Waals surface area (Å²) in [6, 6.07) is 21.1. The number of methoxy groups -OCH3 is 1. The second-order valence-corrected chi connectivity index (χ2v) is 6.97. The lowest BCUT2D eigenvalue weighted by Gasteiger charge is -2.14. The number of carbonyl (C=O) groups excluding carboxylic acids is 1. The van der Waals surface area contributed by atoms with Crippen molar-refractivity contribution in [1.29, 1.82) is 0 Å². The van der Waals surface area contributed by atoms with Crippen LogP contribution in [0.3, 0.4) is 0 Å². The molecule has 31 heavy (non-hydrogen) atoms. The molecule has 0 saturated carbocycles. The van der Waals surface area contributed by atoms with Gasteiger partial charge in [-0.25, -0.2) is 4.79 Å². The van der Waals surface area contributed by atoms with E-state index in [0.717, 1.165) is 33.6 Å². The van der Waals surface area contributed by atoms with Gasteiger partial charge in [-0.3, -0.25) is 0 Å². The highest BCUT2D eigenvalue weighted by atomic mass is 16.7. The van der Waals surface area contributed by atoms with Crippen LogP contribution in [0.15, 0.2) is 92.0 Å². The number of hydrogen-bond acceptors (Lipinski definition) is 4. The van der Waals surface area contributed by atoms with Gasteiger partial charge in [0.2, 0.25) is 0 Å². The zero-order valence-electron chi connectivity index (χ0n) is 17.7. The molecule has 0 bridgehead atoms. The molecule has 0 amide bonds. The molecular formula is C27H26O4. The maximum atomic E-state index is 12.4. The summed E-state index contributed by atoms with van der Waals surface area (Å²) in [5, 5.41) is 0. The Kier molecular flexibility index (Phi) is 7.66. The van der Waals surface area contributed by atoms with E-state index in [0.29, 0.717) is 18.6 Å². The first-order chi connectivity index (χ1) is 15.1. The minimum absolute atomic E-state index is 0.148. The van der Waals surface area contributed by atoms with E-state index in [4.69, 9.17) is 14.2 Å². The average molecular weight is 415 g/mol. The van der Waals surface area contributed by atoms with Gasteiger partial charge < -0.3 is 14.2 Å². The molecule has 0 atom stereocenters. The smallest absolute Gasteiger partial charge is 0.496 e. The van der Waals surface area contributed by atoms with Crippen molar-refractivity contribution in [1.82, 2.24) is 0 Å². The van der Waals surface area contributed by atoms with Crippen LogP contribution in [0.5, 0.6) is 11.5 Å². The maximum Gasteiger partial charge on any atom is 0.514 e. The van der Waals surface area contributed by atoms with E-state index >= 15 is 0 Å². The number of carbonyl (C=O) groups is 1. The molecule has 4 heteroatoms. The topological polar surface area (TPSA) is 44.8 Å². The highest BCUT2D eigenvalue weighted by Crippen LogP contribution is 2.34. The van der Waals surface area contributed by atoms with E-state index in [1.54, 1.807) is 13.2 Å². The van der Waals surface area contributed by atoms with Crippen molar-refractivity contribution in [3.05, 3.63) is 109 Å². The van der Waals surface area contributed by atoms with E-state index in [1.165, 1.54) is 0 Å². The Morgan fingerprint density at radius 3 is 2.32 bits per heavy atom. The third-order valence-corrected chi connectivity index (χ3v) is 4.77. The fraction of sp³-hybridized carbons (Fsp3) is 0.148. The summed E-state index contributed by atoms with van der Waals surface area (Å²) in [6.07, 6.45) is 4.29. The van der Waals surface area contributed by atoms with Gasteiger partial charge in [0.1, 0.15) is 18.1 Å². The Hall–Kier alpha value is -3.79. The highest BCUT2D eigenvalue weighted by molar-refractivity contribution is 5.76. The quantitative estimate of drug-likeness (QED) is 0.227. The van der Waals surface area contributed by atoms with Gasteiger partial charge in [-0.1, -0.05) is 54.6 Å². The van der Waals surface area contributed by atoms with Crippen LogP contribution < -0.4 is 9.47 Å². The Labute approximate surface area is 183 Å². The SMILES string of the molecule is C=CCc1ccc(OC(=O)OCc2ccccc2)c(-c2ccc(OC)c(CC=C)c2)c1. The Morgan fingerprint density at radius 2 is 1.61 bits per heavy atom. The molecule has 0 aliphatic carbocycles. The summed E-state index contributed by atoms with van der Waals surface area (Å²) >= 11 is 0. The van der Waals surface area contributed by atoms with Crippen LogP contribution in [0.25, 0.3) is 11.1 Å². The van der Waals surface area contributed by atoms with E-state index in [9.17, 15) is 4.79 Å². The van der Waals surface area contributed by atoms with Crippen molar-refractivity contribution in [2.75, 3.05) is 7.11 Å². The first kappa shape index (κ1) is 21.9. The third-order valence-electron chi connectivity index (χ3n) is 4.77. The van der Waals surface area contributed by atoms with Gasteiger partial charge >= 0.3 is 6.16 Å². The number of ether oxygens (including phenoxy) is 3. The molecule has 4 nitrogen and oxygen atoms in total. The summed E-state index contributed by atoms with van der Waals surface area (Å²) in [5.74, 6) is 1.22. The van der Waals surface area contributed by atoms with Crippen LogP contribution in [0, 0.1) is 0 Å².